The largest absolute Gasteiger partial charge is 1.00 e. The van der Waals surface area contributed by atoms with Gasteiger partial charge in [-0.15, -0.1) is 0 Å². The minimum absolute atomic E-state index is 0. The topological polar surface area (TPSA) is 0 Å². The van der Waals surface area contributed by atoms with Gasteiger partial charge in [0.15, 0.2) is 0 Å². The number of rotatable bonds is 2. The summed E-state index contributed by atoms with van der Waals surface area (Å²) in [5.41, 5.74) is 0. The van der Waals surface area contributed by atoms with Crippen LogP contribution in [0.1, 0.15) is 20.8 Å². The van der Waals surface area contributed by atoms with E-state index in [1.165, 1.54) is 10.4 Å². The van der Waals surface area contributed by atoms with E-state index in [4.69, 9.17) is 0 Å². The molecule has 0 fully saturated rings. The summed E-state index contributed by atoms with van der Waals surface area (Å²) in [5, 5.41) is 3.32. The van der Waals surface area contributed by atoms with Crippen molar-refractivity contribution in [2.75, 3.05) is 0 Å². The first kappa shape index (κ1) is 15.0. The van der Waals surface area contributed by atoms with E-state index in [0.29, 0.717) is 5.04 Å². The highest BCUT2D eigenvalue weighted by Gasteiger charge is 2.29. The van der Waals surface area contributed by atoms with E-state index in [1.807, 2.05) is 0 Å². The first-order valence-corrected chi connectivity index (χ1v) is 7.57. The van der Waals surface area contributed by atoms with Crippen molar-refractivity contribution in [1.29, 1.82) is 0 Å². The van der Waals surface area contributed by atoms with Crippen molar-refractivity contribution in [2.45, 2.75) is 25.8 Å². The molecule has 18 heavy (non-hydrogen) atoms. The second-order valence-corrected chi connectivity index (χ2v) is 8.76. The quantitative estimate of drug-likeness (QED) is 0.682. The molecule has 0 bridgehead atoms. The molecule has 2 rings (SSSR count). The van der Waals surface area contributed by atoms with Crippen LogP contribution in [0.5, 0.6) is 0 Å². The van der Waals surface area contributed by atoms with Gasteiger partial charge in [-0.1, -0.05) is 91.8 Å². The lowest BCUT2D eigenvalue weighted by molar-refractivity contribution is -0.00000372. The van der Waals surface area contributed by atoms with Crippen molar-refractivity contribution < 1.29 is 12.4 Å². The van der Waals surface area contributed by atoms with Gasteiger partial charge < -0.3 is 12.4 Å². The maximum absolute atomic E-state index is 2.35. The molecule has 0 nitrogen and oxygen atoms in total. The summed E-state index contributed by atoms with van der Waals surface area (Å²) >= 11 is 0. The Kier molecular flexibility index (Phi) is 5.18. The lowest BCUT2D eigenvalue weighted by Crippen LogP contribution is -3.00. The van der Waals surface area contributed by atoms with Crippen LogP contribution in [0, 0.1) is 0 Å². The van der Waals surface area contributed by atoms with Crippen LogP contribution in [-0.2, 0) is 0 Å². The molecular formula is C16H19ClSi-. The van der Waals surface area contributed by atoms with Crippen molar-refractivity contribution in [3.8, 4) is 0 Å². The van der Waals surface area contributed by atoms with Gasteiger partial charge in [-0.05, 0) is 5.04 Å². The van der Waals surface area contributed by atoms with Crippen LogP contribution in [-0.4, -0.2) is 8.80 Å². The predicted octanol–water partition coefficient (Wildman–Crippen LogP) is 0.0997. The summed E-state index contributed by atoms with van der Waals surface area (Å²) in [4.78, 5) is 0. The minimum atomic E-state index is -0.715. The Morgan fingerprint density at radius 1 is 0.667 bits per heavy atom. The zero-order valence-electron chi connectivity index (χ0n) is 11.2. The van der Waals surface area contributed by atoms with E-state index >= 15 is 0 Å². The molecule has 0 heterocycles. The zero-order valence-corrected chi connectivity index (χ0v) is 12.9. The number of benzene rings is 2. The standard InChI is InChI=1S/C16H19Si.ClH/c1-16(2,3)17(14-10-6-4-7-11-14)15-12-8-5-9-13-15;/h4-13H,1-3H3;1H/p-1. The van der Waals surface area contributed by atoms with E-state index in [9.17, 15) is 0 Å². The summed E-state index contributed by atoms with van der Waals surface area (Å²) in [7, 11) is -0.715. The number of hydrogen-bond acceptors (Lipinski definition) is 0. The molecule has 0 aliphatic carbocycles. The SMILES string of the molecule is CC(C)(C)[Si](c1ccccc1)c1ccccc1.[Cl-]. The number of hydrogen-bond donors (Lipinski definition) is 0. The van der Waals surface area contributed by atoms with Gasteiger partial charge in [0.1, 0.15) is 8.80 Å². The molecule has 0 N–H and O–H groups in total. The molecule has 0 spiro atoms. The Bertz CT molecular complexity index is 420. The van der Waals surface area contributed by atoms with Crippen LogP contribution in [0.15, 0.2) is 60.7 Å². The molecule has 0 atom stereocenters. The monoisotopic (exact) mass is 274 g/mol. The lowest BCUT2D eigenvalue weighted by Gasteiger charge is -2.29. The molecule has 95 valence electrons. The number of halogens is 1. The van der Waals surface area contributed by atoms with Gasteiger partial charge in [-0.2, -0.15) is 0 Å². The molecule has 2 aromatic rings. The fourth-order valence-corrected chi connectivity index (χ4v) is 5.36. The van der Waals surface area contributed by atoms with E-state index in [-0.39, 0.29) is 12.4 Å². The molecule has 0 unspecified atom stereocenters. The highest BCUT2D eigenvalue weighted by atomic mass is 35.5. The van der Waals surface area contributed by atoms with Gasteiger partial charge in [0, 0.05) is 0 Å². The molecule has 0 saturated carbocycles. The van der Waals surface area contributed by atoms with Crippen LogP contribution >= 0.6 is 0 Å². The van der Waals surface area contributed by atoms with Crippen molar-refractivity contribution in [3.63, 3.8) is 0 Å². The Morgan fingerprint density at radius 3 is 1.28 bits per heavy atom. The normalized spacial score (nSPS) is 11.1. The van der Waals surface area contributed by atoms with Crippen molar-refractivity contribution in [3.05, 3.63) is 60.7 Å². The Labute approximate surface area is 118 Å². The first-order valence-electron chi connectivity index (χ1n) is 6.07. The molecule has 0 saturated heterocycles. The fraction of sp³-hybridized carbons (Fsp3) is 0.250. The average Bonchev–Trinajstić information content (AvgIpc) is 2.30. The smallest absolute Gasteiger partial charge is 0.126 e. The zero-order chi connectivity index (χ0) is 12.3. The minimum Gasteiger partial charge on any atom is -1.00 e. The van der Waals surface area contributed by atoms with Gasteiger partial charge in [-0.3, -0.25) is 0 Å². The van der Waals surface area contributed by atoms with Crippen LogP contribution < -0.4 is 22.8 Å². The molecule has 0 aliphatic heterocycles. The summed E-state index contributed by atoms with van der Waals surface area (Å²) in [6.45, 7) is 7.05. The van der Waals surface area contributed by atoms with Crippen molar-refractivity contribution in [2.24, 2.45) is 0 Å². The van der Waals surface area contributed by atoms with E-state index < -0.39 is 8.80 Å². The Hall–Kier alpha value is -1.05. The van der Waals surface area contributed by atoms with Crippen LogP contribution in [0.25, 0.3) is 0 Å². The third-order valence-corrected chi connectivity index (χ3v) is 6.20. The van der Waals surface area contributed by atoms with Gasteiger partial charge in [-0.25, -0.2) is 0 Å². The van der Waals surface area contributed by atoms with Crippen LogP contribution in [0.3, 0.4) is 0 Å². The van der Waals surface area contributed by atoms with E-state index in [0.717, 1.165) is 0 Å². The van der Waals surface area contributed by atoms with Crippen LogP contribution in [0.4, 0.5) is 0 Å². The van der Waals surface area contributed by atoms with Gasteiger partial charge >= 0.3 is 0 Å². The molecular weight excluding hydrogens is 256 g/mol. The summed E-state index contributed by atoms with van der Waals surface area (Å²) in [6, 6.07) is 21.9. The molecule has 0 amide bonds. The summed E-state index contributed by atoms with van der Waals surface area (Å²) in [5.74, 6) is 0. The molecule has 0 aromatic heterocycles. The van der Waals surface area contributed by atoms with Gasteiger partial charge in [0.25, 0.3) is 0 Å². The Balaban J connectivity index is 0.00000162. The Morgan fingerprint density at radius 2 is 1.00 bits per heavy atom. The van der Waals surface area contributed by atoms with Crippen molar-refractivity contribution in [1.82, 2.24) is 0 Å². The maximum atomic E-state index is 2.35. The summed E-state index contributed by atoms with van der Waals surface area (Å²) in [6.07, 6.45) is 0. The average molecular weight is 275 g/mol. The lowest BCUT2D eigenvalue weighted by atomic mass is 10.2. The fourth-order valence-electron chi connectivity index (χ4n) is 2.24. The van der Waals surface area contributed by atoms with Crippen molar-refractivity contribution >= 4 is 19.2 Å². The highest BCUT2D eigenvalue weighted by Crippen LogP contribution is 2.26. The molecule has 0 aliphatic rings. The van der Waals surface area contributed by atoms with Crippen LogP contribution in [0.2, 0.25) is 5.04 Å². The summed E-state index contributed by atoms with van der Waals surface area (Å²) < 4.78 is 0. The molecule has 2 aromatic carbocycles. The second-order valence-electron chi connectivity index (χ2n) is 5.36. The highest BCUT2D eigenvalue weighted by molar-refractivity contribution is 6.87. The van der Waals surface area contributed by atoms with Gasteiger partial charge in [0.2, 0.25) is 0 Å². The molecule has 2 heteroatoms. The maximum Gasteiger partial charge on any atom is 0.126 e. The third kappa shape index (κ3) is 3.47. The second kappa shape index (κ2) is 6.21. The third-order valence-electron chi connectivity index (χ3n) is 2.87. The predicted molar refractivity (Wildman–Crippen MR) is 77.6 cm³/mol. The molecule has 1 radical (unpaired) electrons. The van der Waals surface area contributed by atoms with E-state index in [1.54, 1.807) is 0 Å². The van der Waals surface area contributed by atoms with Gasteiger partial charge in [0.05, 0.1) is 0 Å². The first-order chi connectivity index (χ1) is 8.09. The van der Waals surface area contributed by atoms with E-state index in [2.05, 4.69) is 81.4 Å².